The number of nitrogens with zero attached hydrogens (tertiary/aromatic N) is 3. The zero-order valence-electron chi connectivity index (χ0n) is 13.1. The molecule has 1 aliphatic heterocycles. The molecule has 1 N–H and O–H groups in total. The minimum atomic E-state index is -0.962. The van der Waals surface area contributed by atoms with E-state index in [2.05, 4.69) is 5.10 Å². The van der Waals surface area contributed by atoms with Crippen LogP contribution in [0.25, 0.3) is 0 Å². The first-order valence-corrected chi connectivity index (χ1v) is 8.16. The number of carboxylic acids is 1. The number of fused-ring (bicyclic) bond motifs is 1. The molecule has 1 amide bonds. The molecule has 2 fully saturated rings. The Morgan fingerprint density at radius 1 is 1.30 bits per heavy atom. The van der Waals surface area contributed by atoms with Gasteiger partial charge in [-0.2, -0.15) is 5.10 Å². The average molecular weight is 319 g/mol. The molecule has 0 radical (unpaired) electrons. The summed E-state index contributed by atoms with van der Waals surface area (Å²) in [6.07, 6.45) is 4.43. The van der Waals surface area contributed by atoms with E-state index in [1.807, 2.05) is 0 Å². The number of carbonyl (C=O) groups is 2. The second kappa shape index (κ2) is 6.14. The predicted octanol–water partition coefficient (Wildman–Crippen LogP) is 1.12. The number of hydrogen-bond acceptors (Lipinski definition) is 4. The number of aliphatic carboxylic acids is 1. The van der Waals surface area contributed by atoms with Gasteiger partial charge < -0.3 is 10.0 Å². The monoisotopic (exact) mass is 319 g/mol. The standard InChI is InChI=1S/C16H21N3O4/c1-2-18-14(20)8-7-11(17-18)15(21)19-12-6-4-3-5-10(12)9-13(19)16(22)23/h7-8,10,12-13H,2-6,9H2,1H3,(H,22,23)/t10-,12+,13+/m1/s1. The van der Waals surface area contributed by atoms with Gasteiger partial charge in [0.2, 0.25) is 0 Å². The molecule has 3 atom stereocenters. The summed E-state index contributed by atoms with van der Waals surface area (Å²) in [4.78, 5) is 37.6. The Labute approximate surface area is 133 Å². The summed E-state index contributed by atoms with van der Waals surface area (Å²) in [5.41, 5.74) is -0.125. The van der Waals surface area contributed by atoms with E-state index in [-0.39, 0.29) is 29.1 Å². The Balaban J connectivity index is 1.95. The van der Waals surface area contributed by atoms with Gasteiger partial charge in [0.1, 0.15) is 11.7 Å². The molecule has 1 aromatic rings. The van der Waals surface area contributed by atoms with Crippen molar-refractivity contribution in [1.82, 2.24) is 14.7 Å². The van der Waals surface area contributed by atoms with Crippen molar-refractivity contribution in [3.8, 4) is 0 Å². The number of hydrogen-bond donors (Lipinski definition) is 1. The van der Waals surface area contributed by atoms with Crippen molar-refractivity contribution in [2.24, 2.45) is 5.92 Å². The number of carbonyl (C=O) groups excluding carboxylic acids is 1. The SMILES string of the molecule is CCn1nc(C(=O)N2[C@H](C(=O)O)C[C@H]3CCCC[C@@H]32)ccc1=O. The van der Waals surface area contributed by atoms with Crippen LogP contribution >= 0.6 is 0 Å². The van der Waals surface area contributed by atoms with Crippen LogP contribution in [0.2, 0.25) is 0 Å². The van der Waals surface area contributed by atoms with Crippen LogP contribution in [0, 0.1) is 5.92 Å². The molecule has 7 nitrogen and oxygen atoms in total. The molecule has 1 aromatic heterocycles. The van der Waals surface area contributed by atoms with Gasteiger partial charge in [0.25, 0.3) is 11.5 Å². The second-order valence-corrected chi connectivity index (χ2v) is 6.29. The van der Waals surface area contributed by atoms with Gasteiger partial charge in [-0.1, -0.05) is 12.8 Å². The van der Waals surface area contributed by atoms with Crippen LogP contribution in [-0.4, -0.2) is 43.7 Å². The Kier molecular flexibility index (Phi) is 4.19. The van der Waals surface area contributed by atoms with E-state index in [1.165, 1.54) is 21.7 Å². The second-order valence-electron chi connectivity index (χ2n) is 6.29. The highest BCUT2D eigenvalue weighted by molar-refractivity contribution is 5.95. The highest BCUT2D eigenvalue weighted by atomic mass is 16.4. The molecular weight excluding hydrogens is 298 g/mol. The fourth-order valence-electron chi connectivity index (χ4n) is 3.89. The predicted molar refractivity (Wildman–Crippen MR) is 82.1 cm³/mol. The van der Waals surface area contributed by atoms with Crippen molar-refractivity contribution >= 4 is 11.9 Å². The smallest absolute Gasteiger partial charge is 0.326 e. The summed E-state index contributed by atoms with van der Waals surface area (Å²) in [6.45, 7) is 2.14. The van der Waals surface area contributed by atoms with Crippen molar-refractivity contribution in [1.29, 1.82) is 0 Å². The lowest BCUT2D eigenvalue weighted by atomic mass is 9.84. The summed E-state index contributed by atoms with van der Waals surface area (Å²) < 4.78 is 1.22. The molecule has 1 aliphatic carbocycles. The number of rotatable bonds is 3. The van der Waals surface area contributed by atoms with Gasteiger partial charge >= 0.3 is 5.97 Å². The van der Waals surface area contributed by atoms with E-state index < -0.39 is 12.0 Å². The van der Waals surface area contributed by atoms with Gasteiger partial charge in [0.05, 0.1) is 0 Å². The van der Waals surface area contributed by atoms with Crippen LogP contribution in [-0.2, 0) is 11.3 Å². The topological polar surface area (TPSA) is 92.5 Å². The lowest BCUT2D eigenvalue weighted by Crippen LogP contribution is -2.46. The van der Waals surface area contributed by atoms with E-state index >= 15 is 0 Å². The lowest BCUT2D eigenvalue weighted by molar-refractivity contribution is -0.141. The van der Waals surface area contributed by atoms with E-state index in [0.717, 1.165) is 25.7 Å². The van der Waals surface area contributed by atoms with Crippen molar-refractivity contribution in [2.45, 2.75) is 57.7 Å². The Hall–Kier alpha value is -2.18. The maximum Gasteiger partial charge on any atom is 0.326 e. The summed E-state index contributed by atoms with van der Waals surface area (Å²) >= 11 is 0. The first-order chi connectivity index (χ1) is 11.0. The van der Waals surface area contributed by atoms with Crippen LogP contribution in [0.15, 0.2) is 16.9 Å². The van der Waals surface area contributed by atoms with Gasteiger partial charge in [-0.3, -0.25) is 9.59 Å². The molecular formula is C16H21N3O4. The number of aryl methyl sites for hydroxylation is 1. The van der Waals surface area contributed by atoms with Gasteiger partial charge in [-0.05, 0) is 38.2 Å². The van der Waals surface area contributed by atoms with E-state index in [4.69, 9.17) is 0 Å². The van der Waals surface area contributed by atoms with Gasteiger partial charge in [0, 0.05) is 18.7 Å². The van der Waals surface area contributed by atoms with E-state index in [1.54, 1.807) is 6.92 Å². The number of amides is 1. The molecule has 23 heavy (non-hydrogen) atoms. The van der Waals surface area contributed by atoms with E-state index in [0.29, 0.717) is 13.0 Å². The average Bonchev–Trinajstić information content (AvgIpc) is 2.94. The Morgan fingerprint density at radius 3 is 2.74 bits per heavy atom. The molecule has 0 aromatic carbocycles. The highest BCUT2D eigenvalue weighted by Crippen LogP contribution is 2.40. The molecule has 0 spiro atoms. The van der Waals surface area contributed by atoms with Crippen LogP contribution in [0.1, 0.15) is 49.5 Å². The molecule has 0 unspecified atom stereocenters. The molecule has 124 valence electrons. The van der Waals surface area contributed by atoms with Crippen LogP contribution in [0.5, 0.6) is 0 Å². The van der Waals surface area contributed by atoms with Crippen molar-refractivity contribution in [3.63, 3.8) is 0 Å². The Morgan fingerprint density at radius 2 is 2.04 bits per heavy atom. The van der Waals surface area contributed by atoms with Crippen molar-refractivity contribution < 1.29 is 14.7 Å². The molecule has 1 saturated carbocycles. The molecule has 1 saturated heterocycles. The fraction of sp³-hybridized carbons (Fsp3) is 0.625. The van der Waals surface area contributed by atoms with Gasteiger partial charge in [0.15, 0.2) is 0 Å². The third-order valence-electron chi connectivity index (χ3n) is 4.99. The van der Waals surface area contributed by atoms with Crippen LogP contribution in [0.4, 0.5) is 0 Å². The molecule has 7 heteroatoms. The van der Waals surface area contributed by atoms with E-state index in [9.17, 15) is 19.5 Å². The zero-order valence-corrected chi connectivity index (χ0v) is 13.1. The summed E-state index contributed by atoms with van der Waals surface area (Å²) in [5, 5.41) is 13.6. The Bertz CT molecular complexity index is 684. The summed E-state index contributed by atoms with van der Waals surface area (Å²) in [6, 6.07) is 1.89. The maximum absolute atomic E-state index is 12.9. The quantitative estimate of drug-likeness (QED) is 0.901. The van der Waals surface area contributed by atoms with Gasteiger partial charge in [-0.25, -0.2) is 9.48 Å². The van der Waals surface area contributed by atoms with Crippen LogP contribution < -0.4 is 5.56 Å². The van der Waals surface area contributed by atoms with Crippen LogP contribution in [0.3, 0.4) is 0 Å². The summed E-state index contributed by atoms with van der Waals surface area (Å²) in [5.74, 6) is -1.09. The number of aromatic nitrogens is 2. The molecule has 3 rings (SSSR count). The van der Waals surface area contributed by atoms with Crippen molar-refractivity contribution in [3.05, 3.63) is 28.2 Å². The fourth-order valence-corrected chi connectivity index (χ4v) is 3.89. The number of likely N-dealkylation sites (tertiary alicyclic amines) is 1. The third kappa shape index (κ3) is 2.75. The van der Waals surface area contributed by atoms with Gasteiger partial charge in [-0.15, -0.1) is 0 Å². The number of carboxylic acid groups (broad SMARTS) is 1. The summed E-state index contributed by atoms with van der Waals surface area (Å²) in [7, 11) is 0. The third-order valence-corrected chi connectivity index (χ3v) is 4.99. The van der Waals surface area contributed by atoms with Crippen molar-refractivity contribution in [2.75, 3.05) is 0 Å². The molecule has 2 aliphatic rings. The normalized spacial score (nSPS) is 26.8. The lowest BCUT2D eigenvalue weighted by Gasteiger charge is -2.32. The zero-order chi connectivity index (χ0) is 16.6. The minimum absolute atomic E-state index is 0.0267. The first-order valence-electron chi connectivity index (χ1n) is 8.16. The maximum atomic E-state index is 12.9. The molecule has 2 heterocycles. The largest absolute Gasteiger partial charge is 0.480 e. The highest BCUT2D eigenvalue weighted by Gasteiger charge is 2.48. The first kappa shape index (κ1) is 15.7. The minimum Gasteiger partial charge on any atom is -0.480 e. The molecule has 0 bridgehead atoms.